The van der Waals surface area contributed by atoms with Gasteiger partial charge in [-0.05, 0) is 24.6 Å². The highest BCUT2D eigenvalue weighted by Crippen LogP contribution is 2.06. The summed E-state index contributed by atoms with van der Waals surface area (Å²) < 4.78 is 1.65. The molecule has 2 rings (SSSR count). The van der Waals surface area contributed by atoms with E-state index in [2.05, 4.69) is 10.4 Å². The van der Waals surface area contributed by atoms with Gasteiger partial charge in [0.15, 0.2) is 5.69 Å². The normalized spacial score (nSPS) is 10.3. The van der Waals surface area contributed by atoms with E-state index in [-0.39, 0.29) is 12.5 Å². The van der Waals surface area contributed by atoms with Crippen molar-refractivity contribution >= 4 is 5.91 Å². The lowest BCUT2D eigenvalue weighted by Gasteiger charge is -2.01. The molecule has 0 aliphatic carbocycles. The Morgan fingerprint density at radius 2 is 2.06 bits per heavy atom. The Balaban J connectivity index is 2.04. The minimum absolute atomic E-state index is 0.0682. The summed E-state index contributed by atoms with van der Waals surface area (Å²) in [5.41, 5.74) is 1.28. The van der Waals surface area contributed by atoms with Crippen LogP contribution in [0.3, 0.4) is 0 Å². The Hall–Kier alpha value is -2.14. The van der Waals surface area contributed by atoms with E-state index >= 15 is 0 Å². The topological polar surface area (TPSA) is 67.2 Å². The Kier molecular flexibility index (Phi) is 4.09. The number of amides is 1. The zero-order chi connectivity index (χ0) is 12.8. The molecule has 1 heterocycles. The number of rotatable bonds is 5. The van der Waals surface area contributed by atoms with Gasteiger partial charge in [0.05, 0.1) is 5.69 Å². The highest BCUT2D eigenvalue weighted by molar-refractivity contribution is 5.92. The fourth-order valence-electron chi connectivity index (χ4n) is 1.54. The smallest absolute Gasteiger partial charge is 0.271 e. The van der Waals surface area contributed by atoms with Crippen molar-refractivity contribution in [2.24, 2.45) is 0 Å². The number of aliphatic hydroxyl groups is 1. The third kappa shape index (κ3) is 2.95. The van der Waals surface area contributed by atoms with Crippen LogP contribution in [0.2, 0.25) is 0 Å². The molecule has 2 N–H and O–H groups in total. The Morgan fingerprint density at radius 3 is 2.78 bits per heavy atom. The van der Waals surface area contributed by atoms with Crippen LogP contribution >= 0.6 is 0 Å². The predicted octanol–water partition coefficient (Wildman–Crippen LogP) is 0.984. The second kappa shape index (κ2) is 5.97. The zero-order valence-electron chi connectivity index (χ0n) is 9.91. The molecule has 94 valence electrons. The van der Waals surface area contributed by atoms with Crippen LogP contribution in [0.1, 0.15) is 16.9 Å². The first-order chi connectivity index (χ1) is 8.81. The van der Waals surface area contributed by atoms with E-state index in [4.69, 9.17) is 5.11 Å². The largest absolute Gasteiger partial charge is 0.396 e. The van der Waals surface area contributed by atoms with Crippen LogP contribution in [0.25, 0.3) is 5.69 Å². The van der Waals surface area contributed by atoms with Gasteiger partial charge in [-0.15, -0.1) is 0 Å². The predicted molar refractivity (Wildman–Crippen MR) is 67.6 cm³/mol. The van der Waals surface area contributed by atoms with Crippen LogP contribution in [0, 0.1) is 0 Å². The molecule has 0 unspecified atom stereocenters. The number of para-hydroxylation sites is 1. The lowest BCUT2D eigenvalue weighted by Crippen LogP contribution is -2.25. The lowest BCUT2D eigenvalue weighted by atomic mass is 10.3. The molecule has 0 saturated carbocycles. The maximum atomic E-state index is 11.7. The molecule has 2 aromatic rings. The number of aliphatic hydroxyl groups excluding tert-OH is 1. The monoisotopic (exact) mass is 245 g/mol. The molecule has 5 heteroatoms. The highest BCUT2D eigenvalue weighted by Gasteiger charge is 2.08. The molecular weight excluding hydrogens is 230 g/mol. The maximum Gasteiger partial charge on any atom is 0.271 e. The fraction of sp³-hybridized carbons (Fsp3) is 0.231. The standard InChI is InChI=1S/C13H15N3O2/c17-10-4-8-14-13(18)12-7-9-16(15-12)11-5-2-1-3-6-11/h1-3,5-7,9,17H,4,8,10H2,(H,14,18). The summed E-state index contributed by atoms with van der Waals surface area (Å²) in [6.45, 7) is 0.520. The van der Waals surface area contributed by atoms with E-state index in [0.29, 0.717) is 18.7 Å². The van der Waals surface area contributed by atoms with Crippen LogP contribution in [0.4, 0.5) is 0 Å². The first kappa shape index (κ1) is 12.3. The summed E-state index contributed by atoms with van der Waals surface area (Å²) in [7, 11) is 0. The number of nitrogens with one attached hydrogen (secondary N) is 1. The third-order valence-electron chi connectivity index (χ3n) is 2.46. The van der Waals surface area contributed by atoms with E-state index in [1.54, 1.807) is 16.9 Å². The average molecular weight is 245 g/mol. The summed E-state index contributed by atoms with van der Waals surface area (Å²) in [6, 6.07) is 11.3. The summed E-state index contributed by atoms with van der Waals surface area (Å²) in [5, 5.41) is 15.5. The van der Waals surface area contributed by atoms with Crippen molar-refractivity contribution in [2.75, 3.05) is 13.2 Å². The highest BCUT2D eigenvalue weighted by atomic mass is 16.3. The number of hydrogen-bond donors (Lipinski definition) is 2. The quantitative estimate of drug-likeness (QED) is 0.772. The zero-order valence-corrected chi connectivity index (χ0v) is 9.91. The first-order valence-corrected chi connectivity index (χ1v) is 5.81. The Morgan fingerprint density at radius 1 is 1.28 bits per heavy atom. The van der Waals surface area contributed by atoms with Crippen molar-refractivity contribution in [2.45, 2.75) is 6.42 Å². The molecule has 0 spiro atoms. The molecule has 1 amide bonds. The van der Waals surface area contributed by atoms with E-state index in [0.717, 1.165) is 5.69 Å². The average Bonchev–Trinajstić information content (AvgIpc) is 2.89. The first-order valence-electron chi connectivity index (χ1n) is 5.81. The number of benzene rings is 1. The minimum atomic E-state index is -0.224. The molecular formula is C13H15N3O2. The van der Waals surface area contributed by atoms with Gasteiger partial charge >= 0.3 is 0 Å². The van der Waals surface area contributed by atoms with Crippen molar-refractivity contribution in [3.8, 4) is 5.69 Å². The van der Waals surface area contributed by atoms with Gasteiger partial charge in [-0.2, -0.15) is 5.10 Å². The van der Waals surface area contributed by atoms with Gasteiger partial charge in [0.1, 0.15) is 0 Å². The maximum absolute atomic E-state index is 11.7. The van der Waals surface area contributed by atoms with Gasteiger partial charge in [-0.1, -0.05) is 18.2 Å². The lowest BCUT2D eigenvalue weighted by molar-refractivity contribution is 0.0945. The van der Waals surface area contributed by atoms with E-state index in [1.807, 2.05) is 30.3 Å². The van der Waals surface area contributed by atoms with E-state index in [9.17, 15) is 4.79 Å². The van der Waals surface area contributed by atoms with Crippen LogP contribution in [0.15, 0.2) is 42.6 Å². The van der Waals surface area contributed by atoms with Gasteiger partial charge in [-0.25, -0.2) is 4.68 Å². The van der Waals surface area contributed by atoms with Crippen molar-refractivity contribution in [3.05, 3.63) is 48.3 Å². The molecule has 0 atom stereocenters. The number of aromatic nitrogens is 2. The molecule has 0 saturated heterocycles. The molecule has 5 nitrogen and oxygen atoms in total. The second-order valence-corrected chi connectivity index (χ2v) is 3.81. The number of carbonyl (C=O) groups excluding carboxylic acids is 1. The summed E-state index contributed by atoms with van der Waals surface area (Å²) in [6.07, 6.45) is 2.29. The van der Waals surface area contributed by atoms with E-state index in [1.165, 1.54) is 0 Å². The van der Waals surface area contributed by atoms with Crippen molar-refractivity contribution < 1.29 is 9.90 Å². The number of nitrogens with zero attached hydrogens (tertiary/aromatic N) is 2. The molecule has 0 bridgehead atoms. The van der Waals surface area contributed by atoms with Crippen LogP contribution in [-0.2, 0) is 0 Å². The summed E-state index contributed by atoms with van der Waals surface area (Å²) in [4.78, 5) is 11.7. The number of hydrogen-bond acceptors (Lipinski definition) is 3. The van der Waals surface area contributed by atoms with Crippen LogP contribution < -0.4 is 5.32 Å². The van der Waals surface area contributed by atoms with Gasteiger partial charge in [0.2, 0.25) is 0 Å². The van der Waals surface area contributed by atoms with Crippen LogP contribution in [0.5, 0.6) is 0 Å². The molecule has 0 radical (unpaired) electrons. The van der Waals surface area contributed by atoms with Crippen LogP contribution in [-0.4, -0.2) is 33.9 Å². The SMILES string of the molecule is O=C(NCCCO)c1ccn(-c2ccccc2)n1. The minimum Gasteiger partial charge on any atom is -0.396 e. The van der Waals surface area contributed by atoms with Gasteiger partial charge in [0.25, 0.3) is 5.91 Å². The molecule has 0 aliphatic heterocycles. The molecule has 1 aromatic heterocycles. The molecule has 18 heavy (non-hydrogen) atoms. The van der Waals surface area contributed by atoms with Gasteiger partial charge < -0.3 is 10.4 Å². The summed E-state index contributed by atoms with van der Waals surface area (Å²) >= 11 is 0. The van der Waals surface area contributed by atoms with E-state index < -0.39 is 0 Å². The molecule has 0 aliphatic rings. The Bertz CT molecular complexity index is 508. The summed E-state index contributed by atoms with van der Waals surface area (Å²) in [5.74, 6) is -0.224. The number of carbonyl (C=O) groups is 1. The third-order valence-corrected chi connectivity index (χ3v) is 2.46. The van der Waals surface area contributed by atoms with Gasteiger partial charge in [0, 0.05) is 19.3 Å². The van der Waals surface area contributed by atoms with Crippen molar-refractivity contribution in [1.29, 1.82) is 0 Å². The van der Waals surface area contributed by atoms with Crippen molar-refractivity contribution in [3.63, 3.8) is 0 Å². The molecule has 0 fully saturated rings. The van der Waals surface area contributed by atoms with Gasteiger partial charge in [-0.3, -0.25) is 4.79 Å². The fourth-order valence-corrected chi connectivity index (χ4v) is 1.54. The second-order valence-electron chi connectivity index (χ2n) is 3.81. The van der Waals surface area contributed by atoms with Crippen molar-refractivity contribution in [1.82, 2.24) is 15.1 Å². The molecule has 1 aromatic carbocycles. The Labute approximate surface area is 105 Å².